The third-order valence-corrected chi connectivity index (χ3v) is 6.86. The number of phenols is 2. The van der Waals surface area contributed by atoms with Gasteiger partial charge in [-0.2, -0.15) is 0 Å². The number of phenolic OH excluding ortho intramolecular Hbond substituents is 2. The minimum Gasteiger partial charge on any atom is -0.508 e. The summed E-state index contributed by atoms with van der Waals surface area (Å²) >= 11 is 0. The first-order chi connectivity index (χ1) is 20.0. The van der Waals surface area contributed by atoms with Gasteiger partial charge in [-0.3, -0.25) is 19.2 Å². The monoisotopic (exact) mass is 597 g/mol. The standard InChI is InChI=1S/C32H47N5O6/c1-18(2)14-25(30(42)37-32(6,7)16-21-10-8-20(5)9-11-21)35-31(43)27(19(3)4)36-29(41)24(33)17-34-28(40)23-15-22(38)12-13-26(23)39/h8-13,15,18-19,24-25,27,38-39H,14,16-17,33H2,1-7H3,(H,34,40)(H,35,43)(H,36,41)(H,37,42)/t24-,25-,27-/m0/s1. The summed E-state index contributed by atoms with van der Waals surface area (Å²) in [6, 6.07) is 8.54. The second kappa shape index (κ2) is 15.4. The van der Waals surface area contributed by atoms with Crippen molar-refractivity contribution in [3.63, 3.8) is 0 Å². The zero-order valence-corrected chi connectivity index (χ0v) is 26.2. The Morgan fingerprint density at radius 1 is 0.884 bits per heavy atom. The Bertz CT molecular complexity index is 1280. The van der Waals surface area contributed by atoms with Gasteiger partial charge < -0.3 is 37.2 Å². The van der Waals surface area contributed by atoms with Crippen LogP contribution in [0, 0.1) is 18.8 Å². The molecule has 0 saturated heterocycles. The molecule has 0 aromatic heterocycles. The molecule has 0 fully saturated rings. The first-order valence-corrected chi connectivity index (χ1v) is 14.5. The highest BCUT2D eigenvalue weighted by molar-refractivity contribution is 5.98. The van der Waals surface area contributed by atoms with E-state index in [0.717, 1.165) is 17.2 Å². The quantitative estimate of drug-likeness (QED) is 0.163. The van der Waals surface area contributed by atoms with E-state index in [1.165, 1.54) is 12.1 Å². The van der Waals surface area contributed by atoms with Crippen molar-refractivity contribution in [2.75, 3.05) is 6.54 Å². The summed E-state index contributed by atoms with van der Waals surface area (Å²) in [5.41, 5.74) is 7.45. The van der Waals surface area contributed by atoms with Crippen LogP contribution in [-0.2, 0) is 20.8 Å². The second-order valence-corrected chi connectivity index (χ2v) is 12.5. The van der Waals surface area contributed by atoms with Crippen molar-refractivity contribution < 1.29 is 29.4 Å². The highest BCUT2D eigenvalue weighted by atomic mass is 16.3. The average Bonchev–Trinajstić information content (AvgIpc) is 2.91. The number of nitrogens with one attached hydrogen (secondary N) is 4. The van der Waals surface area contributed by atoms with Gasteiger partial charge in [0.25, 0.3) is 5.91 Å². The van der Waals surface area contributed by atoms with Crippen LogP contribution in [0.5, 0.6) is 11.5 Å². The fourth-order valence-electron chi connectivity index (χ4n) is 4.54. The predicted molar refractivity (Wildman–Crippen MR) is 165 cm³/mol. The molecular formula is C32H47N5O6. The topological polar surface area (TPSA) is 183 Å². The van der Waals surface area contributed by atoms with Gasteiger partial charge in [-0.1, -0.05) is 57.5 Å². The molecule has 43 heavy (non-hydrogen) atoms. The highest BCUT2D eigenvalue weighted by Gasteiger charge is 2.32. The second-order valence-electron chi connectivity index (χ2n) is 12.5. The van der Waals surface area contributed by atoms with Crippen LogP contribution in [0.3, 0.4) is 0 Å². The average molecular weight is 598 g/mol. The molecule has 236 valence electrons. The molecule has 2 aromatic rings. The number of aromatic hydroxyl groups is 2. The molecule has 8 N–H and O–H groups in total. The van der Waals surface area contributed by atoms with Crippen LogP contribution in [0.15, 0.2) is 42.5 Å². The number of amides is 4. The number of hydrogen-bond acceptors (Lipinski definition) is 7. The molecule has 0 aliphatic heterocycles. The normalized spacial score (nSPS) is 13.6. The van der Waals surface area contributed by atoms with E-state index < -0.39 is 41.4 Å². The van der Waals surface area contributed by atoms with Gasteiger partial charge in [0, 0.05) is 12.1 Å². The van der Waals surface area contributed by atoms with Crippen LogP contribution in [0.4, 0.5) is 0 Å². The zero-order chi connectivity index (χ0) is 32.5. The summed E-state index contributed by atoms with van der Waals surface area (Å²) in [5, 5.41) is 30.4. The summed E-state index contributed by atoms with van der Waals surface area (Å²) in [6.07, 6.45) is 0.996. The largest absolute Gasteiger partial charge is 0.508 e. The fraction of sp³-hybridized carbons (Fsp3) is 0.500. The number of rotatable bonds is 14. The van der Waals surface area contributed by atoms with E-state index in [4.69, 9.17) is 5.73 Å². The van der Waals surface area contributed by atoms with Crippen molar-refractivity contribution in [2.45, 2.75) is 85.0 Å². The fourth-order valence-corrected chi connectivity index (χ4v) is 4.54. The van der Waals surface area contributed by atoms with Gasteiger partial charge in [-0.05, 0) is 69.2 Å². The van der Waals surface area contributed by atoms with Crippen molar-refractivity contribution in [1.82, 2.24) is 21.3 Å². The van der Waals surface area contributed by atoms with Gasteiger partial charge in [0.1, 0.15) is 29.6 Å². The van der Waals surface area contributed by atoms with E-state index in [0.29, 0.717) is 12.8 Å². The Morgan fingerprint density at radius 2 is 1.51 bits per heavy atom. The molecule has 2 aromatic carbocycles. The van der Waals surface area contributed by atoms with Crippen LogP contribution < -0.4 is 27.0 Å². The van der Waals surface area contributed by atoms with Crippen molar-refractivity contribution in [3.8, 4) is 11.5 Å². The van der Waals surface area contributed by atoms with Crippen LogP contribution >= 0.6 is 0 Å². The highest BCUT2D eigenvalue weighted by Crippen LogP contribution is 2.22. The number of nitrogens with two attached hydrogens (primary N) is 1. The molecule has 4 amide bonds. The predicted octanol–water partition coefficient (Wildman–Crippen LogP) is 2.27. The molecule has 2 rings (SSSR count). The lowest BCUT2D eigenvalue weighted by Crippen LogP contribution is -2.60. The van der Waals surface area contributed by atoms with Crippen LogP contribution in [0.1, 0.15) is 69.4 Å². The molecule has 11 heteroatoms. The lowest BCUT2D eigenvalue weighted by molar-refractivity contribution is -0.134. The Hall–Kier alpha value is -4.12. The van der Waals surface area contributed by atoms with Crippen LogP contribution in [0.25, 0.3) is 0 Å². The minimum atomic E-state index is -1.21. The van der Waals surface area contributed by atoms with E-state index in [-0.39, 0.29) is 41.4 Å². The van der Waals surface area contributed by atoms with E-state index in [1.54, 1.807) is 13.8 Å². The van der Waals surface area contributed by atoms with Gasteiger partial charge in [-0.25, -0.2) is 0 Å². The number of hydrogen-bond donors (Lipinski definition) is 7. The lowest BCUT2D eigenvalue weighted by Gasteiger charge is -2.31. The molecule has 0 radical (unpaired) electrons. The van der Waals surface area contributed by atoms with Crippen molar-refractivity contribution >= 4 is 23.6 Å². The zero-order valence-electron chi connectivity index (χ0n) is 26.2. The molecule has 0 bridgehead atoms. The van der Waals surface area contributed by atoms with Gasteiger partial charge in [-0.15, -0.1) is 0 Å². The van der Waals surface area contributed by atoms with Crippen molar-refractivity contribution in [3.05, 3.63) is 59.2 Å². The van der Waals surface area contributed by atoms with Gasteiger partial charge in [0.15, 0.2) is 0 Å². The molecule has 11 nitrogen and oxygen atoms in total. The summed E-state index contributed by atoms with van der Waals surface area (Å²) in [5.74, 6) is -3.05. The van der Waals surface area contributed by atoms with E-state index in [1.807, 2.05) is 58.9 Å². The maximum Gasteiger partial charge on any atom is 0.255 e. The molecule has 0 aliphatic carbocycles. The Kier molecular flexibility index (Phi) is 12.5. The van der Waals surface area contributed by atoms with E-state index in [9.17, 15) is 29.4 Å². The first-order valence-electron chi connectivity index (χ1n) is 14.5. The Labute approximate surface area is 254 Å². The minimum absolute atomic E-state index is 0.103. The molecule has 0 heterocycles. The molecule has 0 aliphatic rings. The summed E-state index contributed by atoms with van der Waals surface area (Å²) in [4.78, 5) is 52.1. The van der Waals surface area contributed by atoms with Crippen LogP contribution in [-0.4, -0.2) is 64.1 Å². The van der Waals surface area contributed by atoms with E-state index >= 15 is 0 Å². The van der Waals surface area contributed by atoms with Crippen LogP contribution in [0.2, 0.25) is 0 Å². The van der Waals surface area contributed by atoms with Crippen molar-refractivity contribution in [1.29, 1.82) is 0 Å². The summed E-state index contributed by atoms with van der Waals surface area (Å²) < 4.78 is 0. The maximum atomic E-state index is 13.4. The Morgan fingerprint density at radius 3 is 2.09 bits per heavy atom. The third kappa shape index (κ3) is 11.2. The molecule has 0 saturated carbocycles. The summed E-state index contributed by atoms with van der Waals surface area (Å²) in [6.45, 7) is 13.0. The summed E-state index contributed by atoms with van der Waals surface area (Å²) in [7, 11) is 0. The van der Waals surface area contributed by atoms with Crippen molar-refractivity contribution in [2.24, 2.45) is 17.6 Å². The number of carbonyl (C=O) groups excluding carboxylic acids is 4. The number of carbonyl (C=O) groups is 4. The van der Waals surface area contributed by atoms with E-state index in [2.05, 4.69) is 21.3 Å². The molecule has 0 spiro atoms. The molecule has 3 atom stereocenters. The van der Waals surface area contributed by atoms with Gasteiger partial charge >= 0.3 is 0 Å². The maximum absolute atomic E-state index is 13.4. The SMILES string of the molecule is Cc1ccc(CC(C)(C)NC(=O)[C@H](CC(C)C)NC(=O)[C@@H](NC(=O)[C@@H](N)CNC(=O)c2cc(O)ccc2O)C(C)C)cc1. The Balaban J connectivity index is 2.04. The van der Waals surface area contributed by atoms with Gasteiger partial charge in [0.05, 0.1) is 5.56 Å². The third-order valence-electron chi connectivity index (χ3n) is 6.86. The molecule has 0 unspecified atom stereocenters. The number of aryl methyl sites for hydroxylation is 1. The molecular weight excluding hydrogens is 550 g/mol. The smallest absolute Gasteiger partial charge is 0.255 e. The number of benzene rings is 2. The first kappa shape index (κ1) is 35.1. The van der Waals surface area contributed by atoms with Gasteiger partial charge in [0.2, 0.25) is 17.7 Å². The lowest BCUT2D eigenvalue weighted by atomic mass is 9.93.